The summed E-state index contributed by atoms with van der Waals surface area (Å²) in [6.07, 6.45) is 13.0. The van der Waals surface area contributed by atoms with Gasteiger partial charge in [-0.25, -0.2) is 0 Å². The lowest BCUT2D eigenvalue weighted by atomic mass is 10.0. The Labute approximate surface area is 157 Å². The predicted molar refractivity (Wildman–Crippen MR) is 112 cm³/mol. The van der Waals surface area contributed by atoms with Crippen molar-refractivity contribution in [1.29, 1.82) is 0 Å². The molecule has 3 heteroatoms. The van der Waals surface area contributed by atoms with Crippen LogP contribution in [0.25, 0.3) is 0 Å². The molecule has 1 rings (SSSR count). The maximum atomic E-state index is 4.26. The molecule has 3 nitrogen and oxygen atoms in total. The summed E-state index contributed by atoms with van der Waals surface area (Å²) in [5.74, 6) is 1.44. The lowest BCUT2D eigenvalue weighted by Gasteiger charge is -2.36. The van der Waals surface area contributed by atoms with Crippen molar-refractivity contribution in [2.45, 2.75) is 92.0 Å². The summed E-state index contributed by atoms with van der Waals surface area (Å²) >= 11 is 0. The van der Waals surface area contributed by atoms with Gasteiger partial charge in [-0.3, -0.25) is 5.01 Å². The molecule has 0 aliphatic carbocycles. The molecule has 0 radical (unpaired) electrons. The van der Waals surface area contributed by atoms with Crippen molar-refractivity contribution in [2.24, 2.45) is 16.9 Å². The highest BCUT2D eigenvalue weighted by molar-refractivity contribution is 5.23. The molecule has 25 heavy (non-hydrogen) atoms. The van der Waals surface area contributed by atoms with Crippen molar-refractivity contribution >= 4 is 6.72 Å². The van der Waals surface area contributed by atoms with Crippen molar-refractivity contribution in [1.82, 2.24) is 9.91 Å². The van der Waals surface area contributed by atoms with Crippen molar-refractivity contribution in [3.63, 3.8) is 0 Å². The van der Waals surface area contributed by atoms with Crippen LogP contribution in [0, 0.1) is 11.8 Å². The van der Waals surface area contributed by atoms with Gasteiger partial charge in [0.05, 0.1) is 6.04 Å². The Morgan fingerprint density at radius 2 is 1.68 bits per heavy atom. The summed E-state index contributed by atoms with van der Waals surface area (Å²) in [4.78, 5) is 2.64. The topological polar surface area (TPSA) is 18.8 Å². The third kappa shape index (κ3) is 9.44. The summed E-state index contributed by atoms with van der Waals surface area (Å²) in [5, 5.41) is 6.38. The zero-order valence-electron chi connectivity index (χ0n) is 17.6. The summed E-state index contributed by atoms with van der Waals surface area (Å²) < 4.78 is 0. The van der Waals surface area contributed by atoms with E-state index in [0.29, 0.717) is 12.0 Å². The van der Waals surface area contributed by atoms with Crippen LogP contribution in [0.5, 0.6) is 0 Å². The number of rotatable bonds is 12. The molecule has 0 spiro atoms. The van der Waals surface area contributed by atoms with Crippen molar-refractivity contribution < 1.29 is 0 Å². The van der Waals surface area contributed by atoms with Crippen molar-refractivity contribution in [3.8, 4) is 0 Å². The molecule has 1 saturated heterocycles. The first kappa shape index (κ1) is 22.2. The maximum absolute atomic E-state index is 4.26. The summed E-state index contributed by atoms with van der Waals surface area (Å²) in [6, 6.07) is 0.526. The van der Waals surface area contributed by atoms with E-state index in [4.69, 9.17) is 0 Å². The molecule has 0 bridgehead atoms. The highest BCUT2D eigenvalue weighted by atomic mass is 15.5. The molecule has 1 fully saturated rings. The first-order chi connectivity index (χ1) is 11.9. The Kier molecular flexibility index (Phi) is 11.1. The van der Waals surface area contributed by atoms with Gasteiger partial charge < -0.3 is 4.90 Å². The molecule has 0 aromatic rings. The Morgan fingerprint density at radius 1 is 1.08 bits per heavy atom. The summed E-state index contributed by atoms with van der Waals surface area (Å²) in [6.45, 7) is 18.8. The molecule has 0 N–H and O–H groups in total. The molecule has 0 unspecified atom stereocenters. The highest BCUT2D eigenvalue weighted by Gasteiger charge is 2.22. The second-order valence-electron chi connectivity index (χ2n) is 8.57. The van der Waals surface area contributed by atoms with Gasteiger partial charge in [0.1, 0.15) is 0 Å². The maximum Gasteiger partial charge on any atom is 0.0543 e. The van der Waals surface area contributed by atoms with E-state index in [0.717, 1.165) is 5.92 Å². The minimum atomic E-state index is 0.526. The quantitative estimate of drug-likeness (QED) is 0.247. The lowest BCUT2D eigenvalue weighted by molar-refractivity contribution is 0.141. The largest absolute Gasteiger partial charge is 0.303 e. The molecule has 0 saturated carbocycles. The van der Waals surface area contributed by atoms with Gasteiger partial charge in [0, 0.05) is 26.0 Å². The number of allylic oxidation sites excluding steroid dienone is 1. The standard InChI is InChI=1S/C22H43N3/c1-19(2)12-10-8-7-9-11-15-24-16-13-22(14-17-24)25(23-6)18-21(5)20(3)4/h18-20,22H,6-17H2,1-5H3/b21-18+. The van der Waals surface area contributed by atoms with Gasteiger partial charge >= 0.3 is 0 Å². The van der Waals surface area contributed by atoms with Crippen LogP contribution in [-0.2, 0) is 0 Å². The zero-order chi connectivity index (χ0) is 18.7. The molecule has 146 valence electrons. The van der Waals surface area contributed by atoms with E-state index in [1.165, 1.54) is 76.6 Å². The average Bonchev–Trinajstić information content (AvgIpc) is 2.59. The molecular weight excluding hydrogens is 306 g/mol. The molecule has 0 atom stereocenters. The van der Waals surface area contributed by atoms with E-state index in [9.17, 15) is 0 Å². The van der Waals surface area contributed by atoms with E-state index in [2.05, 4.69) is 62.5 Å². The van der Waals surface area contributed by atoms with E-state index >= 15 is 0 Å². The highest BCUT2D eigenvalue weighted by Crippen LogP contribution is 2.20. The normalized spacial score (nSPS) is 17.5. The van der Waals surface area contributed by atoms with E-state index < -0.39 is 0 Å². The van der Waals surface area contributed by atoms with Crippen LogP contribution in [0.15, 0.2) is 16.9 Å². The zero-order valence-corrected chi connectivity index (χ0v) is 17.6. The second kappa shape index (κ2) is 12.5. The van der Waals surface area contributed by atoms with Crippen LogP contribution in [0.1, 0.15) is 86.0 Å². The van der Waals surface area contributed by atoms with Gasteiger partial charge in [0.15, 0.2) is 0 Å². The van der Waals surface area contributed by atoms with Crippen molar-refractivity contribution in [3.05, 3.63) is 11.8 Å². The smallest absolute Gasteiger partial charge is 0.0543 e. The molecular formula is C22H43N3. The van der Waals surface area contributed by atoms with Crippen molar-refractivity contribution in [2.75, 3.05) is 19.6 Å². The number of hydrazone groups is 1. The number of likely N-dealkylation sites (tertiary alicyclic amines) is 1. The summed E-state index contributed by atoms with van der Waals surface area (Å²) in [5.41, 5.74) is 1.38. The Bertz CT molecular complexity index is 379. The van der Waals surface area contributed by atoms with Gasteiger partial charge in [0.25, 0.3) is 0 Å². The number of piperidine rings is 1. The third-order valence-electron chi connectivity index (χ3n) is 5.60. The Hall–Kier alpha value is -0.830. The fourth-order valence-electron chi connectivity index (χ4n) is 3.45. The minimum absolute atomic E-state index is 0.526. The predicted octanol–water partition coefficient (Wildman–Crippen LogP) is 5.92. The molecule has 0 aromatic carbocycles. The third-order valence-corrected chi connectivity index (χ3v) is 5.60. The van der Waals surface area contributed by atoms with Crippen LogP contribution in [-0.4, -0.2) is 42.3 Å². The molecule has 1 aliphatic rings. The lowest BCUT2D eigenvalue weighted by Crippen LogP contribution is -2.41. The van der Waals surface area contributed by atoms with Gasteiger partial charge in [-0.15, -0.1) is 0 Å². The number of hydrogen-bond donors (Lipinski definition) is 0. The minimum Gasteiger partial charge on any atom is -0.303 e. The van der Waals surface area contributed by atoms with Gasteiger partial charge in [-0.1, -0.05) is 65.4 Å². The SMILES string of the molecule is C=NN(/C=C(\C)C(C)C)C1CCN(CCCCCCCC(C)C)CC1. The fraction of sp³-hybridized carbons (Fsp3) is 0.864. The van der Waals surface area contributed by atoms with E-state index in [1.807, 2.05) is 0 Å². The van der Waals surface area contributed by atoms with Gasteiger partial charge in [-0.2, -0.15) is 5.10 Å². The van der Waals surface area contributed by atoms with Crippen LogP contribution in [0.4, 0.5) is 0 Å². The van der Waals surface area contributed by atoms with Crippen LogP contribution in [0.2, 0.25) is 0 Å². The van der Waals surface area contributed by atoms with Crippen LogP contribution in [0.3, 0.4) is 0 Å². The monoisotopic (exact) mass is 349 g/mol. The molecule has 0 aromatic heterocycles. The second-order valence-corrected chi connectivity index (χ2v) is 8.57. The first-order valence-electron chi connectivity index (χ1n) is 10.6. The molecule has 0 amide bonds. The van der Waals surface area contributed by atoms with Gasteiger partial charge in [-0.05, 0) is 44.6 Å². The number of nitrogens with zero attached hydrogens (tertiary/aromatic N) is 3. The number of hydrogen-bond acceptors (Lipinski definition) is 3. The van der Waals surface area contributed by atoms with E-state index in [1.54, 1.807) is 0 Å². The van der Waals surface area contributed by atoms with Crippen LogP contribution < -0.4 is 0 Å². The Morgan fingerprint density at radius 3 is 2.24 bits per heavy atom. The number of unbranched alkanes of at least 4 members (excludes halogenated alkanes) is 4. The van der Waals surface area contributed by atoms with Crippen LogP contribution >= 0.6 is 0 Å². The molecule has 1 aliphatic heterocycles. The molecule has 1 heterocycles. The first-order valence-corrected chi connectivity index (χ1v) is 10.6. The Balaban J connectivity index is 2.18. The van der Waals surface area contributed by atoms with E-state index in [-0.39, 0.29) is 0 Å². The fourth-order valence-corrected chi connectivity index (χ4v) is 3.45. The average molecular weight is 350 g/mol. The summed E-state index contributed by atoms with van der Waals surface area (Å²) in [7, 11) is 0. The van der Waals surface area contributed by atoms with Gasteiger partial charge in [0.2, 0.25) is 0 Å².